The van der Waals surface area contributed by atoms with Crippen molar-refractivity contribution in [2.24, 2.45) is 0 Å². The van der Waals surface area contributed by atoms with E-state index in [4.69, 9.17) is 5.11 Å². The van der Waals surface area contributed by atoms with Gasteiger partial charge in [-0.2, -0.15) is 6.08 Å². The maximum Gasteiger partial charge on any atom is -0.0771 e. The Morgan fingerprint density at radius 3 is 1.73 bits per heavy atom. The predicted molar refractivity (Wildman–Crippen MR) is 118 cm³/mol. The average molecular weight is 483 g/mol. The minimum atomic E-state index is 0. The van der Waals surface area contributed by atoms with Crippen molar-refractivity contribution in [3.63, 3.8) is 0 Å². The van der Waals surface area contributed by atoms with E-state index in [1.54, 1.807) is 0 Å². The summed E-state index contributed by atoms with van der Waals surface area (Å²) in [5.41, 5.74) is 0. The largest absolute Gasteiger partial charge is 0.126 e. The number of halogens is 2. The molecule has 0 aliphatic heterocycles. The third-order valence-electron chi connectivity index (χ3n) is 3.11. The fraction of sp³-hybridized carbons (Fsp3) is 0.0952. The molecule has 140 valence electrons. The van der Waals surface area contributed by atoms with Crippen LogP contribution in [0.5, 0.6) is 0 Å². The summed E-state index contributed by atoms with van der Waals surface area (Å²) < 4.78 is 0. The smallest absolute Gasteiger partial charge is 0.0771 e. The van der Waals surface area contributed by atoms with Gasteiger partial charge in [0.1, 0.15) is 0 Å². The van der Waals surface area contributed by atoms with Crippen molar-refractivity contribution in [3.8, 4) is 0 Å². The van der Waals surface area contributed by atoms with Gasteiger partial charge in [0, 0.05) is 0 Å². The molecule has 0 aromatic heterocycles. The monoisotopic (exact) mass is 480 g/mol. The molecule has 0 atom stereocenters. The molecule has 0 amide bonds. The summed E-state index contributed by atoms with van der Waals surface area (Å²) in [6.45, 7) is 6.10. The van der Waals surface area contributed by atoms with Crippen molar-refractivity contribution in [1.82, 2.24) is 0 Å². The molecule has 0 saturated heterocycles. The molecule has 26 heavy (non-hydrogen) atoms. The van der Waals surface area contributed by atoms with Crippen molar-refractivity contribution < 1.29 is 28.4 Å². The Balaban J connectivity index is -0.000000350. The molecule has 3 aromatic carbocycles. The van der Waals surface area contributed by atoms with E-state index in [0.29, 0.717) is 0 Å². The van der Waals surface area contributed by atoms with Gasteiger partial charge in [-0.3, -0.25) is 6.08 Å². The Morgan fingerprint density at radius 2 is 1.42 bits per heavy atom. The van der Waals surface area contributed by atoms with Gasteiger partial charge < -0.3 is 19.5 Å². The van der Waals surface area contributed by atoms with Gasteiger partial charge in [-0.1, -0.05) is 43.0 Å². The van der Waals surface area contributed by atoms with E-state index >= 15 is 0 Å². The van der Waals surface area contributed by atoms with Crippen molar-refractivity contribution in [2.45, 2.75) is 6.42 Å². The number of aliphatic hydroxyl groups excluding tert-OH is 1. The van der Waals surface area contributed by atoms with Crippen LogP contribution in [-0.2, 0) is 23.3 Å². The van der Waals surface area contributed by atoms with Crippen molar-refractivity contribution in [1.29, 1.82) is 0 Å². The zero-order chi connectivity index (χ0) is 16.9. The van der Waals surface area contributed by atoms with E-state index in [1.807, 2.05) is 12.2 Å². The van der Waals surface area contributed by atoms with Crippen molar-refractivity contribution in [3.05, 3.63) is 93.3 Å². The summed E-state index contributed by atoms with van der Waals surface area (Å²) in [6, 6.07) is 19.3. The molecule has 1 aliphatic carbocycles. The zero-order valence-corrected chi connectivity index (χ0v) is 19.9. The van der Waals surface area contributed by atoms with E-state index in [2.05, 4.69) is 80.6 Å². The molecule has 0 saturated carbocycles. The zero-order valence-electron chi connectivity index (χ0n) is 14.8. The van der Waals surface area contributed by atoms with Gasteiger partial charge in [0.05, 0.1) is 0 Å². The molecule has 1 nitrogen and oxygen atoms in total. The van der Waals surface area contributed by atoms with Gasteiger partial charge in [0.15, 0.2) is 0 Å². The summed E-state index contributed by atoms with van der Waals surface area (Å²) in [4.78, 5) is 0. The first-order chi connectivity index (χ1) is 11.4. The van der Waals surface area contributed by atoms with Crippen LogP contribution in [0, 0.1) is 20.4 Å². The molecule has 0 spiro atoms. The molecule has 3 aromatic rings. The van der Waals surface area contributed by atoms with Crippen LogP contribution in [0.2, 0.25) is 0 Å². The SMILES string of the molecule is Cl.Cl.[C-]1=CC=CC1.[CH2-]CO.[CH3-].[Si]=[Zr].c1ccc2c(c1)[cH-]c1ccccc12. The van der Waals surface area contributed by atoms with Gasteiger partial charge in [-0.15, -0.1) is 71.0 Å². The number of aliphatic hydroxyl groups is 1. The second-order valence-corrected chi connectivity index (χ2v) is 4.55. The maximum atomic E-state index is 7.46. The Kier molecular flexibility index (Phi) is 22.3. The molecule has 0 heterocycles. The number of hydrogen-bond acceptors (Lipinski definition) is 1. The van der Waals surface area contributed by atoms with E-state index in [1.165, 1.54) is 44.9 Å². The Morgan fingerprint density at radius 1 is 1.00 bits per heavy atom. The number of benzene rings is 2. The van der Waals surface area contributed by atoms with Crippen LogP contribution in [0.15, 0.2) is 72.8 Å². The number of fused-ring (bicyclic) bond motifs is 3. The first kappa shape index (κ1) is 30.2. The van der Waals surface area contributed by atoms with Gasteiger partial charge in [0.2, 0.25) is 0 Å². The summed E-state index contributed by atoms with van der Waals surface area (Å²) in [5, 5.41) is 12.9. The van der Waals surface area contributed by atoms with Crippen LogP contribution in [-0.4, -0.2) is 18.6 Å². The molecule has 1 aliphatic rings. The van der Waals surface area contributed by atoms with Crippen LogP contribution in [0.25, 0.3) is 21.5 Å². The van der Waals surface area contributed by atoms with Gasteiger partial charge in [-0.25, -0.2) is 12.2 Å². The van der Waals surface area contributed by atoms with Crippen molar-refractivity contribution in [2.75, 3.05) is 6.61 Å². The molecule has 1 N–H and O–H groups in total. The predicted octanol–water partition coefficient (Wildman–Crippen LogP) is 5.74. The summed E-state index contributed by atoms with van der Waals surface area (Å²) in [5.74, 6) is 0. The summed E-state index contributed by atoms with van der Waals surface area (Å²) >= 11 is 1.36. The van der Waals surface area contributed by atoms with Crippen LogP contribution < -0.4 is 0 Å². The standard InChI is InChI=1S/C13H9.C5H5.C2H5O.CH3.2ClH.Si.Zr/c1-3-7-12-10(5-1)9-11-6-2-4-8-13(11)12;1-2-4-5-3-1;1-2-3;;;;;/h1-9H;1-3H,4H2;3H,1-2H2;1H3;2*1H;;/q4*-1;;;;. The second-order valence-electron chi connectivity index (χ2n) is 4.55. The number of hydrogen-bond donors (Lipinski definition) is 1. The van der Waals surface area contributed by atoms with E-state index < -0.39 is 0 Å². The fourth-order valence-corrected chi connectivity index (χ4v) is 2.24. The maximum absolute atomic E-state index is 7.46. The minimum Gasteiger partial charge on any atom is -0.126 e. The van der Waals surface area contributed by atoms with Gasteiger partial charge in [-0.05, 0) is 0 Å². The second kappa shape index (κ2) is 19.2. The number of allylic oxidation sites excluding steroid dienone is 4. The molecule has 4 rings (SSSR count). The first-order valence-electron chi connectivity index (χ1n) is 7.27. The van der Waals surface area contributed by atoms with Crippen LogP contribution >= 0.6 is 24.8 Å². The fourth-order valence-electron chi connectivity index (χ4n) is 2.24. The minimum absolute atomic E-state index is 0. The molecule has 5 heteroatoms. The quantitative estimate of drug-likeness (QED) is 0.320. The van der Waals surface area contributed by atoms with E-state index in [9.17, 15) is 0 Å². The van der Waals surface area contributed by atoms with E-state index in [-0.39, 0.29) is 38.8 Å². The van der Waals surface area contributed by atoms with Gasteiger partial charge in [0.25, 0.3) is 0 Å². The summed E-state index contributed by atoms with van der Waals surface area (Å²) in [7, 11) is 0. The van der Waals surface area contributed by atoms with Crippen LogP contribution in [0.1, 0.15) is 6.42 Å². The Hall–Kier alpha value is -0.570. The molecular weight excluding hydrogens is 458 g/mol. The topological polar surface area (TPSA) is 20.2 Å². The molecule has 0 unspecified atom stereocenters. The van der Waals surface area contributed by atoms with Crippen molar-refractivity contribution >= 4 is 53.2 Å². The van der Waals surface area contributed by atoms with Gasteiger partial charge >= 0.3 is 30.2 Å². The Bertz CT molecular complexity index is 708. The van der Waals surface area contributed by atoms with Crippen LogP contribution in [0.3, 0.4) is 0 Å². The molecular formula is C21H24Cl2OSiZr-4. The Labute approximate surface area is 187 Å². The third-order valence-corrected chi connectivity index (χ3v) is 3.11. The number of rotatable bonds is 0. The molecule has 2 radical (unpaired) electrons. The molecule has 0 fully saturated rings. The van der Waals surface area contributed by atoms with Crippen LogP contribution in [0.4, 0.5) is 0 Å². The average Bonchev–Trinajstić information content (AvgIpc) is 3.29. The molecule has 0 bridgehead atoms. The summed E-state index contributed by atoms with van der Waals surface area (Å²) in [6.07, 6.45) is 10.0. The normalized spacial score (nSPS) is 9.73. The van der Waals surface area contributed by atoms with E-state index in [0.717, 1.165) is 6.42 Å². The first-order valence-corrected chi connectivity index (χ1v) is 11.5. The third kappa shape index (κ3) is 9.94.